The maximum atomic E-state index is 11.9. The van der Waals surface area contributed by atoms with Crippen LogP contribution in [0.1, 0.15) is 10.4 Å². The Hall–Kier alpha value is -2.94. The third-order valence-corrected chi connectivity index (χ3v) is 2.88. The molecule has 114 valence electrons. The summed E-state index contributed by atoms with van der Waals surface area (Å²) in [6.07, 6.45) is 1.04. The van der Waals surface area contributed by atoms with Crippen LogP contribution in [0, 0.1) is 10.1 Å². The maximum Gasteiger partial charge on any atom is 0.350 e. The molecule has 2 rings (SSSR count). The number of benzene rings is 1. The van der Waals surface area contributed by atoms with Gasteiger partial charge in [-0.1, -0.05) is 11.6 Å². The number of aromatic nitrogens is 2. The van der Waals surface area contributed by atoms with Crippen LogP contribution in [0.5, 0.6) is 5.75 Å². The highest BCUT2D eigenvalue weighted by Crippen LogP contribution is 2.27. The predicted octanol–water partition coefficient (Wildman–Crippen LogP) is 1.80. The molecule has 0 aliphatic carbocycles. The molecule has 1 aromatic heterocycles. The molecule has 2 N–H and O–H groups in total. The smallest absolute Gasteiger partial charge is 0.350 e. The lowest BCUT2D eigenvalue weighted by Crippen LogP contribution is -2.30. The molecular weight excluding hydrogens is 314 g/mol. The van der Waals surface area contributed by atoms with E-state index >= 15 is 0 Å². The fourth-order valence-electron chi connectivity index (χ4n) is 1.54. The summed E-state index contributed by atoms with van der Waals surface area (Å²) in [5.41, 5.74) is 4.45. The van der Waals surface area contributed by atoms with Crippen LogP contribution in [-0.4, -0.2) is 27.9 Å². The Morgan fingerprint density at radius 3 is 2.59 bits per heavy atom. The first kappa shape index (κ1) is 15.4. The minimum atomic E-state index is -0.746. The number of nitro groups is 1. The first-order valence-corrected chi connectivity index (χ1v) is 6.26. The molecule has 0 fully saturated rings. The molecule has 0 saturated heterocycles. The van der Waals surface area contributed by atoms with Crippen molar-refractivity contribution in [3.05, 3.63) is 51.4 Å². The van der Waals surface area contributed by atoms with Crippen molar-refractivity contribution >= 4 is 29.0 Å². The van der Waals surface area contributed by atoms with Crippen LogP contribution in [0.2, 0.25) is 5.15 Å². The van der Waals surface area contributed by atoms with Gasteiger partial charge in [-0.3, -0.25) is 25.8 Å². The Morgan fingerprint density at radius 1 is 1.32 bits per heavy atom. The number of nitrogens with one attached hydrogen (secondary N) is 2. The summed E-state index contributed by atoms with van der Waals surface area (Å²) in [7, 11) is 1.51. The third-order valence-electron chi connectivity index (χ3n) is 2.61. The molecule has 1 amide bonds. The number of anilines is 1. The number of carbonyl (C=O) groups excluding carboxylic acids is 1. The molecule has 2 aromatic rings. The zero-order chi connectivity index (χ0) is 16.1. The third kappa shape index (κ3) is 3.38. The van der Waals surface area contributed by atoms with Gasteiger partial charge in [0.15, 0.2) is 0 Å². The van der Waals surface area contributed by atoms with E-state index in [-0.39, 0.29) is 11.0 Å². The van der Waals surface area contributed by atoms with E-state index in [2.05, 4.69) is 20.8 Å². The van der Waals surface area contributed by atoms with E-state index in [9.17, 15) is 14.9 Å². The van der Waals surface area contributed by atoms with Gasteiger partial charge in [-0.25, -0.2) is 9.97 Å². The van der Waals surface area contributed by atoms with E-state index in [4.69, 9.17) is 16.3 Å². The molecule has 22 heavy (non-hydrogen) atoms. The summed E-state index contributed by atoms with van der Waals surface area (Å²) in [6, 6.07) is 6.30. The minimum Gasteiger partial charge on any atom is -0.497 e. The van der Waals surface area contributed by atoms with Gasteiger partial charge in [0.2, 0.25) is 11.0 Å². The zero-order valence-corrected chi connectivity index (χ0v) is 12.0. The summed E-state index contributed by atoms with van der Waals surface area (Å²) in [5.74, 6) is -0.124. The van der Waals surface area contributed by atoms with Gasteiger partial charge >= 0.3 is 5.69 Å². The van der Waals surface area contributed by atoms with Crippen LogP contribution in [0.4, 0.5) is 11.5 Å². The number of rotatable bonds is 5. The molecule has 0 aliphatic rings. The Bertz CT molecular complexity index is 707. The van der Waals surface area contributed by atoms with E-state index in [1.165, 1.54) is 19.2 Å². The number of hydrogen-bond acceptors (Lipinski definition) is 7. The molecule has 1 heterocycles. The average molecular weight is 324 g/mol. The van der Waals surface area contributed by atoms with E-state index in [1.54, 1.807) is 12.1 Å². The molecule has 0 bridgehead atoms. The molecule has 0 saturated carbocycles. The highest BCUT2D eigenvalue weighted by atomic mass is 35.5. The molecule has 0 aliphatic heterocycles. The van der Waals surface area contributed by atoms with Crippen LogP contribution in [0.3, 0.4) is 0 Å². The van der Waals surface area contributed by atoms with Gasteiger partial charge in [-0.05, 0) is 24.3 Å². The Morgan fingerprint density at radius 2 is 2.00 bits per heavy atom. The monoisotopic (exact) mass is 323 g/mol. The maximum absolute atomic E-state index is 11.9. The molecule has 0 atom stereocenters. The second-order valence-corrected chi connectivity index (χ2v) is 4.28. The number of methoxy groups -OCH3 is 1. The lowest BCUT2D eigenvalue weighted by Gasteiger charge is -2.08. The fraction of sp³-hybridized carbons (Fsp3) is 0.0833. The number of ether oxygens (including phenoxy) is 1. The van der Waals surface area contributed by atoms with Crippen LogP contribution >= 0.6 is 11.6 Å². The number of hydrazine groups is 1. The van der Waals surface area contributed by atoms with Crippen molar-refractivity contribution in [3.63, 3.8) is 0 Å². The first-order valence-electron chi connectivity index (χ1n) is 5.88. The lowest BCUT2D eigenvalue weighted by molar-refractivity contribution is -0.384. The van der Waals surface area contributed by atoms with Crippen LogP contribution in [0.15, 0.2) is 30.6 Å². The largest absolute Gasteiger partial charge is 0.497 e. The van der Waals surface area contributed by atoms with Crippen LogP contribution in [-0.2, 0) is 0 Å². The predicted molar refractivity (Wildman–Crippen MR) is 77.8 cm³/mol. The highest BCUT2D eigenvalue weighted by Gasteiger charge is 2.21. The summed E-state index contributed by atoms with van der Waals surface area (Å²) in [4.78, 5) is 29.3. The number of hydrogen-bond donors (Lipinski definition) is 2. The summed E-state index contributed by atoms with van der Waals surface area (Å²) >= 11 is 5.63. The van der Waals surface area contributed by atoms with Gasteiger partial charge in [-0.15, -0.1) is 0 Å². The van der Waals surface area contributed by atoms with Gasteiger partial charge < -0.3 is 4.74 Å². The van der Waals surface area contributed by atoms with Gasteiger partial charge in [0.25, 0.3) is 5.91 Å². The van der Waals surface area contributed by atoms with Crippen molar-refractivity contribution in [2.24, 2.45) is 0 Å². The lowest BCUT2D eigenvalue weighted by atomic mass is 10.2. The van der Waals surface area contributed by atoms with Crippen LogP contribution < -0.4 is 15.6 Å². The summed E-state index contributed by atoms with van der Waals surface area (Å²) in [5, 5.41) is 10.6. The topological polar surface area (TPSA) is 119 Å². The highest BCUT2D eigenvalue weighted by molar-refractivity contribution is 6.31. The summed E-state index contributed by atoms with van der Waals surface area (Å²) < 4.78 is 4.98. The molecule has 10 heteroatoms. The van der Waals surface area contributed by atoms with E-state index < -0.39 is 16.5 Å². The Balaban J connectivity index is 2.11. The zero-order valence-electron chi connectivity index (χ0n) is 11.2. The number of halogens is 1. The number of amides is 1. The van der Waals surface area contributed by atoms with Crippen LogP contribution in [0.25, 0.3) is 0 Å². The molecule has 0 radical (unpaired) electrons. The average Bonchev–Trinajstić information content (AvgIpc) is 2.52. The van der Waals surface area contributed by atoms with Crippen molar-refractivity contribution in [3.8, 4) is 5.75 Å². The second-order valence-electron chi connectivity index (χ2n) is 3.93. The molecule has 0 unspecified atom stereocenters. The van der Waals surface area contributed by atoms with E-state index in [0.717, 1.165) is 6.33 Å². The van der Waals surface area contributed by atoms with Gasteiger partial charge in [0.05, 0.1) is 12.0 Å². The SMILES string of the molecule is COc1ccc(C(=O)NNc2ncnc(Cl)c2[N+](=O)[O-])cc1. The summed E-state index contributed by atoms with van der Waals surface area (Å²) in [6.45, 7) is 0. The first-order chi connectivity index (χ1) is 10.5. The second kappa shape index (κ2) is 6.68. The standard InChI is InChI=1S/C12H10ClN5O4/c1-22-8-4-2-7(3-5-8)12(19)17-16-11-9(18(20)21)10(13)14-6-15-11/h2-6H,1H3,(H,17,19)(H,14,15,16). The number of nitrogens with zero attached hydrogens (tertiary/aromatic N) is 3. The van der Waals surface area contributed by atoms with Gasteiger partial charge in [-0.2, -0.15) is 0 Å². The van der Waals surface area contributed by atoms with Crippen molar-refractivity contribution in [2.75, 3.05) is 12.5 Å². The van der Waals surface area contributed by atoms with Crippen molar-refractivity contribution in [1.29, 1.82) is 0 Å². The van der Waals surface area contributed by atoms with E-state index in [1.807, 2.05) is 0 Å². The Labute approximate surface area is 129 Å². The Kier molecular flexibility index (Phi) is 4.69. The molecule has 1 aromatic carbocycles. The van der Waals surface area contributed by atoms with Gasteiger partial charge in [0.1, 0.15) is 12.1 Å². The van der Waals surface area contributed by atoms with Crippen molar-refractivity contribution in [1.82, 2.24) is 15.4 Å². The number of carbonyl (C=O) groups is 1. The molecular formula is C12H10ClN5O4. The van der Waals surface area contributed by atoms with Crippen molar-refractivity contribution < 1.29 is 14.5 Å². The fourth-order valence-corrected chi connectivity index (χ4v) is 1.74. The minimum absolute atomic E-state index is 0.216. The molecule has 0 spiro atoms. The van der Waals surface area contributed by atoms with Gasteiger partial charge in [0, 0.05) is 5.56 Å². The van der Waals surface area contributed by atoms with Crippen molar-refractivity contribution in [2.45, 2.75) is 0 Å². The quantitative estimate of drug-likeness (QED) is 0.489. The molecule has 9 nitrogen and oxygen atoms in total. The normalized spacial score (nSPS) is 9.91. The van der Waals surface area contributed by atoms with E-state index in [0.29, 0.717) is 11.3 Å².